The average molecular weight is 220 g/mol. The molecule has 1 aliphatic heterocycles. The van der Waals surface area contributed by atoms with Gasteiger partial charge in [-0.25, -0.2) is 0 Å². The Morgan fingerprint density at radius 3 is 2.62 bits per heavy atom. The van der Waals surface area contributed by atoms with Crippen molar-refractivity contribution in [3.63, 3.8) is 0 Å². The molecule has 0 aromatic rings. The van der Waals surface area contributed by atoms with Crippen LogP contribution in [0.2, 0.25) is 0 Å². The molecule has 1 heteroatoms. The molecular formula is C15H24O. The topological polar surface area (TPSA) is 9.23 Å². The summed E-state index contributed by atoms with van der Waals surface area (Å²) in [5.41, 5.74) is 1.48. The van der Waals surface area contributed by atoms with Crippen LogP contribution in [0.1, 0.15) is 34.1 Å². The summed E-state index contributed by atoms with van der Waals surface area (Å²) >= 11 is 0. The highest BCUT2D eigenvalue weighted by molar-refractivity contribution is 5.29. The quantitative estimate of drug-likeness (QED) is 0.687. The van der Waals surface area contributed by atoms with Crippen LogP contribution >= 0.6 is 0 Å². The second-order valence-electron chi connectivity index (χ2n) is 5.79. The molecule has 3 atom stereocenters. The van der Waals surface area contributed by atoms with E-state index in [0.717, 1.165) is 18.4 Å². The minimum Gasteiger partial charge on any atom is -0.374 e. The van der Waals surface area contributed by atoms with Crippen molar-refractivity contribution in [2.45, 2.75) is 40.2 Å². The lowest BCUT2D eigenvalue weighted by atomic mass is 9.73. The smallest absolute Gasteiger partial charge is 0.0824 e. The van der Waals surface area contributed by atoms with E-state index in [2.05, 4.69) is 45.9 Å². The lowest BCUT2D eigenvalue weighted by molar-refractivity contribution is -0.0260. The maximum atomic E-state index is 5.86. The molecule has 1 saturated heterocycles. The summed E-state index contributed by atoms with van der Waals surface area (Å²) in [6.07, 6.45) is 8.56. The van der Waals surface area contributed by atoms with Crippen molar-refractivity contribution in [2.24, 2.45) is 23.7 Å². The molecule has 0 spiro atoms. The second-order valence-corrected chi connectivity index (χ2v) is 5.79. The average Bonchev–Trinajstić information content (AvgIpc) is 2.27. The van der Waals surface area contributed by atoms with Gasteiger partial charge in [-0.2, -0.15) is 0 Å². The van der Waals surface area contributed by atoms with E-state index >= 15 is 0 Å². The molecule has 90 valence electrons. The summed E-state index contributed by atoms with van der Waals surface area (Å²) in [5.74, 6) is 2.79. The molecule has 1 nitrogen and oxygen atoms in total. The third kappa shape index (κ3) is 2.24. The highest BCUT2D eigenvalue weighted by atomic mass is 16.5. The molecule has 1 heterocycles. The third-order valence-corrected chi connectivity index (χ3v) is 4.02. The highest BCUT2D eigenvalue weighted by Crippen LogP contribution is 2.38. The Kier molecular flexibility index (Phi) is 3.53. The number of hydrogen-bond acceptors (Lipinski definition) is 1. The van der Waals surface area contributed by atoms with Gasteiger partial charge in [-0.15, -0.1) is 0 Å². The van der Waals surface area contributed by atoms with E-state index in [0.29, 0.717) is 17.9 Å². The van der Waals surface area contributed by atoms with E-state index in [1.165, 1.54) is 12.0 Å². The monoisotopic (exact) mass is 220 g/mol. The third-order valence-electron chi connectivity index (χ3n) is 4.02. The van der Waals surface area contributed by atoms with Gasteiger partial charge in [-0.3, -0.25) is 0 Å². The number of hydrogen-bond donors (Lipinski definition) is 0. The number of rotatable bonds is 2. The fourth-order valence-electron chi connectivity index (χ4n) is 2.94. The number of fused-ring (bicyclic) bond motifs is 1. The largest absolute Gasteiger partial charge is 0.374 e. The zero-order valence-corrected chi connectivity index (χ0v) is 10.9. The standard InChI is InChI=1S/C15H24O/c1-10(2)12-5-6-15-14(9-12)13(11(3)4)7-8-16-15/h5-6,9-11,13-15H,7-8H2,1-4H3. The zero-order chi connectivity index (χ0) is 11.7. The molecule has 0 aromatic heterocycles. The summed E-state index contributed by atoms with van der Waals surface area (Å²) < 4.78 is 5.86. The van der Waals surface area contributed by atoms with Crippen molar-refractivity contribution in [2.75, 3.05) is 6.61 Å². The lowest BCUT2D eigenvalue weighted by Crippen LogP contribution is -2.38. The van der Waals surface area contributed by atoms with Crippen molar-refractivity contribution < 1.29 is 4.74 Å². The minimum absolute atomic E-state index is 0.337. The van der Waals surface area contributed by atoms with E-state index in [9.17, 15) is 0 Å². The van der Waals surface area contributed by atoms with Gasteiger partial charge in [0.05, 0.1) is 6.10 Å². The van der Waals surface area contributed by atoms with E-state index < -0.39 is 0 Å². The van der Waals surface area contributed by atoms with Gasteiger partial charge < -0.3 is 4.74 Å². The Morgan fingerprint density at radius 2 is 2.00 bits per heavy atom. The van der Waals surface area contributed by atoms with E-state index in [1.54, 1.807) is 0 Å². The molecule has 0 amide bonds. The fourth-order valence-corrected chi connectivity index (χ4v) is 2.94. The van der Waals surface area contributed by atoms with Crippen molar-refractivity contribution in [3.8, 4) is 0 Å². The van der Waals surface area contributed by atoms with Crippen molar-refractivity contribution in [1.29, 1.82) is 0 Å². The van der Waals surface area contributed by atoms with Crippen molar-refractivity contribution in [1.82, 2.24) is 0 Å². The first-order valence-electron chi connectivity index (χ1n) is 6.61. The maximum absolute atomic E-state index is 5.86. The zero-order valence-electron chi connectivity index (χ0n) is 10.9. The van der Waals surface area contributed by atoms with Crippen molar-refractivity contribution in [3.05, 3.63) is 23.8 Å². The highest BCUT2D eigenvalue weighted by Gasteiger charge is 2.34. The van der Waals surface area contributed by atoms with Gasteiger partial charge in [0.15, 0.2) is 0 Å². The molecular weight excluding hydrogens is 196 g/mol. The summed E-state index contributed by atoms with van der Waals surface area (Å²) in [5, 5.41) is 0. The van der Waals surface area contributed by atoms with Gasteiger partial charge in [-0.05, 0) is 29.7 Å². The van der Waals surface area contributed by atoms with Crippen LogP contribution in [0.5, 0.6) is 0 Å². The van der Waals surface area contributed by atoms with Crippen LogP contribution in [-0.2, 0) is 4.74 Å². The van der Waals surface area contributed by atoms with Crippen LogP contribution in [0.4, 0.5) is 0 Å². The summed E-state index contributed by atoms with van der Waals surface area (Å²) in [6, 6.07) is 0. The first-order valence-corrected chi connectivity index (χ1v) is 6.61. The molecule has 0 saturated carbocycles. The van der Waals surface area contributed by atoms with Gasteiger partial charge in [-0.1, -0.05) is 45.9 Å². The van der Waals surface area contributed by atoms with Gasteiger partial charge in [0.25, 0.3) is 0 Å². The molecule has 0 radical (unpaired) electrons. The molecule has 0 N–H and O–H groups in total. The maximum Gasteiger partial charge on any atom is 0.0824 e. The predicted molar refractivity (Wildman–Crippen MR) is 68.2 cm³/mol. The lowest BCUT2D eigenvalue weighted by Gasteiger charge is -2.39. The molecule has 16 heavy (non-hydrogen) atoms. The Morgan fingerprint density at radius 1 is 1.25 bits per heavy atom. The first kappa shape index (κ1) is 11.9. The van der Waals surface area contributed by atoms with Gasteiger partial charge in [0.2, 0.25) is 0 Å². The molecule has 2 aliphatic rings. The molecule has 0 aromatic carbocycles. The second kappa shape index (κ2) is 4.75. The van der Waals surface area contributed by atoms with Crippen LogP contribution in [-0.4, -0.2) is 12.7 Å². The molecule has 0 bridgehead atoms. The Labute approximate surface area is 99.6 Å². The SMILES string of the molecule is CC(C)C1=CC2C(C=C1)OCCC2C(C)C. The molecule has 2 rings (SSSR count). The Bertz CT molecular complexity index is 299. The van der Waals surface area contributed by atoms with Gasteiger partial charge in [0.1, 0.15) is 0 Å². The Hall–Kier alpha value is -0.560. The fraction of sp³-hybridized carbons (Fsp3) is 0.733. The first-order chi connectivity index (χ1) is 7.59. The van der Waals surface area contributed by atoms with Crippen LogP contribution in [0.15, 0.2) is 23.8 Å². The molecule has 1 aliphatic carbocycles. The van der Waals surface area contributed by atoms with Crippen LogP contribution in [0, 0.1) is 23.7 Å². The van der Waals surface area contributed by atoms with Crippen LogP contribution < -0.4 is 0 Å². The number of allylic oxidation sites excluding steroid dienone is 2. The van der Waals surface area contributed by atoms with E-state index in [-0.39, 0.29) is 0 Å². The van der Waals surface area contributed by atoms with Crippen molar-refractivity contribution >= 4 is 0 Å². The summed E-state index contributed by atoms with van der Waals surface area (Å²) in [4.78, 5) is 0. The minimum atomic E-state index is 0.337. The number of ether oxygens (including phenoxy) is 1. The summed E-state index contributed by atoms with van der Waals surface area (Å²) in [6.45, 7) is 10.1. The molecule has 3 unspecified atom stereocenters. The Balaban J connectivity index is 2.20. The summed E-state index contributed by atoms with van der Waals surface area (Å²) in [7, 11) is 0. The normalized spacial score (nSPS) is 34.1. The van der Waals surface area contributed by atoms with Crippen LogP contribution in [0.3, 0.4) is 0 Å². The van der Waals surface area contributed by atoms with Crippen LogP contribution in [0.25, 0.3) is 0 Å². The van der Waals surface area contributed by atoms with E-state index in [1.807, 2.05) is 0 Å². The van der Waals surface area contributed by atoms with E-state index in [4.69, 9.17) is 4.74 Å². The predicted octanol–water partition coefficient (Wildman–Crippen LogP) is 3.82. The molecule has 1 fully saturated rings. The van der Waals surface area contributed by atoms with Gasteiger partial charge in [0, 0.05) is 12.5 Å². The van der Waals surface area contributed by atoms with Gasteiger partial charge >= 0.3 is 0 Å².